The Morgan fingerprint density at radius 1 is 0.788 bits per heavy atom. The van der Waals surface area contributed by atoms with E-state index in [4.69, 9.17) is 5.73 Å². The van der Waals surface area contributed by atoms with Crippen LogP contribution in [-0.2, 0) is 0 Å². The molecule has 0 radical (unpaired) electrons. The smallest absolute Gasteiger partial charge is 0.422 e. The van der Waals surface area contributed by atoms with Crippen molar-refractivity contribution in [3.63, 3.8) is 0 Å². The summed E-state index contributed by atoms with van der Waals surface area (Å²) in [4.78, 5) is 0. The molecule has 188 valence electrons. The van der Waals surface area contributed by atoms with Gasteiger partial charge in [-0.15, -0.1) is 5.69 Å². The summed E-state index contributed by atoms with van der Waals surface area (Å²) in [7, 11) is 0. The van der Waals surface area contributed by atoms with Gasteiger partial charge < -0.3 is 5.73 Å². The first-order valence-corrected chi connectivity index (χ1v) is 13.6. The fourth-order valence-corrected chi connectivity index (χ4v) is 6.95. The Morgan fingerprint density at radius 2 is 1.18 bits per heavy atom. The second kappa shape index (κ2) is 14.8. The van der Waals surface area contributed by atoms with Crippen molar-refractivity contribution in [1.82, 2.24) is 0 Å². The van der Waals surface area contributed by atoms with E-state index in [1.165, 1.54) is 88.2 Å². The molecule has 0 atom stereocenters. The van der Waals surface area contributed by atoms with Crippen LogP contribution < -0.4 is 57.1 Å². The minimum absolute atomic E-state index is 0. The molecule has 3 fully saturated rings. The predicted molar refractivity (Wildman–Crippen MR) is 136 cm³/mol. The zero-order chi connectivity index (χ0) is 22.4. The van der Waals surface area contributed by atoms with Gasteiger partial charge in [0.2, 0.25) is 0 Å². The number of hydrogen-bond acceptors (Lipinski definition) is 1. The Morgan fingerprint density at radius 3 is 1.61 bits per heavy atom. The molecule has 0 spiro atoms. The van der Waals surface area contributed by atoms with Crippen molar-refractivity contribution in [3.05, 3.63) is 35.2 Å². The Balaban J connectivity index is 0.00000133. The van der Waals surface area contributed by atoms with Crippen LogP contribution in [0, 0.1) is 54.4 Å². The predicted octanol–water partition coefficient (Wildman–Crippen LogP) is 5.79. The van der Waals surface area contributed by atoms with Crippen molar-refractivity contribution in [1.29, 1.82) is 0 Å². The molecule has 3 heteroatoms. The summed E-state index contributed by atoms with van der Waals surface area (Å²) >= 11 is 0. The van der Waals surface area contributed by atoms with Crippen LogP contribution >= 0.6 is 0 Å². The number of benzene rings is 1. The molecule has 1 aromatic carbocycles. The first kappa shape index (κ1) is 30.6. The molecule has 0 unspecified atom stereocenters. The van der Waals surface area contributed by atoms with Crippen LogP contribution in [0.25, 0.3) is 0 Å². The van der Waals surface area contributed by atoms with Crippen LogP contribution in [0.5, 0.6) is 0 Å². The molecule has 3 aliphatic rings. The van der Waals surface area contributed by atoms with Crippen LogP contribution in [-0.4, -0.2) is 0 Å². The molecule has 2 N–H and O–H groups in total. The van der Waals surface area contributed by atoms with Gasteiger partial charge in [0, 0.05) is 0 Å². The van der Waals surface area contributed by atoms with Crippen LogP contribution in [0.3, 0.4) is 0 Å². The maximum atomic E-state index is 5.97. The van der Waals surface area contributed by atoms with Crippen molar-refractivity contribution < 1.29 is 51.4 Å². The minimum atomic E-state index is 0. The largest absolute Gasteiger partial charge is 1.00 e. The van der Waals surface area contributed by atoms with Crippen molar-refractivity contribution in [2.75, 3.05) is 5.73 Å². The van der Waals surface area contributed by atoms with Crippen LogP contribution in [0.4, 0.5) is 5.69 Å². The third-order valence-corrected chi connectivity index (χ3v) is 9.23. The first-order valence-electron chi connectivity index (χ1n) is 13.6. The van der Waals surface area contributed by atoms with Crippen molar-refractivity contribution >= 4 is 5.69 Å². The normalized spacial score (nSPS) is 31.8. The fourth-order valence-electron chi connectivity index (χ4n) is 6.95. The Kier molecular flexibility index (Phi) is 13.7. The molecule has 33 heavy (non-hydrogen) atoms. The van der Waals surface area contributed by atoms with E-state index in [-0.39, 0.29) is 51.4 Å². The number of hydrogen-bond donors (Lipinski definition) is 1. The molecule has 3 aliphatic carbocycles. The van der Waals surface area contributed by atoms with Crippen LogP contribution in [0.2, 0.25) is 0 Å². The van der Waals surface area contributed by atoms with Gasteiger partial charge in [-0.25, -0.2) is 12.0 Å². The van der Waals surface area contributed by atoms with E-state index >= 15 is 0 Å². The minimum Gasteiger partial charge on any atom is -0.422 e. The maximum Gasteiger partial charge on any atom is 1.00 e. The van der Waals surface area contributed by atoms with Gasteiger partial charge in [-0.2, -0.15) is 5.56 Å². The molecule has 1 aromatic rings. The van der Waals surface area contributed by atoms with E-state index < -0.39 is 0 Å². The van der Waals surface area contributed by atoms with Gasteiger partial charge in [0.1, 0.15) is 0 Å². The second-order valence-electron chi connectivity index (χ2n) is 11.0. The Labute approximate surface area is 242 Å². The number of aryl methyl sites for hydroxylation is 1. The quantitative estimate of drug-likeness (QED) is 0.238. The monoisotopic (exact) mass is 719 g/mol. The van der Waals surface area contributed by atoms with Gasteiger partial charge in [0.05, 0.1) is 0 Å². The Hall–Kier alpha value is -0.474. The SMILES string of the molecule is CC.Cc1cc([C-](C)C2CCC(C3CCC(C4CCC(C)CC4)CC3)CC2)c[c-]c1N.[Fm].[K+]. The molecular formula is C30H49FmKN-. The molecule has 0 bridgehead atoms. The van der Waals surface area contributed by atoms with Gasteiger partial charge >= 0.3 is 51.4 Å². The fraction of sp³-hybridized carbons (Fsp3) is 0.767. The summed E-state index contributed by atoms with van der Waals surface area (Å²) < 4.78 is 0. The van der Waals surface area contributed by atoms with Crippen molar-refractivity contribution in [2.24, 2.45) is 35.5 Å². The molecule has 0 aliphatic heterocycles. The average molecular weight is 720 g/mol. The van der Waals surface area contributed by atoms with Crippen molar-refractivity contribution in [3.8, 4) is 0 Å². The van der Waals surface area contributed by atoms with E-state index in [2.05, 4.69) is 39.0 Å². The summed E-state index contributed by atoms with van der Waals surface area (Å²) in [5, 5.41) is 0. The van der Waals surface area contributed by atoms with Gasteiger partial charge in [-0.3, -0.25) is 17.7 Å². The summed E-state index contributed by atoms with van der Waals surface area (Å²) in [5.74, 6) is 7.50. The van der Waals surface area contributed by atoms with Gasteiger partial charge in [0.15, 0.2) is 0 Å². The summed E-state index contributed by atoms with van der Waals surface area (Å²) in [6.07, 6.45) is 17.9. The maximum absolute atomic E-state index is 5.97. The molecule has 0 aromatic heterocycles. The Bertz CT molecular complexity index is 653. The standard InChI is InChI=1S/C28H43N.C2H6.Fm.K/c1-19-4-6-23(7-5-19)25-12-14-26(15-13-25)24-10-8-22(9-11-24)21(3)27-16-17-28(29)20(2)18-27;1-2;;/h16,18-19,22-26H,4-15,29H2,1-3H3;1-2H3;;/q-2;;;+1. The first-order chi connectivity index (χ1) is 15.0. The molecular weight excluding hydrogens is 670 g/mol. The van der Waals surface area contributed by atoms with Gasteiger partial charge in [-0.1, -0.05) is 79.1 Å². The number of nitrogen functional groups attached to an aromatic ring is 1. The van der Waals surface area contributed by atoms with Gasteiger partial charge in [0.25, 0.3) is 0 Å². The van der Waals surface area contributed by atoms with E-state index in [0.717, 1.165) is 41.2 Å². The molecule has 4 rings (SSSR count). The zero-order valence-corrected chi connectivity index (χ0v) is 28.0. The summed E-state index contributed by atoms with van der Waals surface area (Å²) in [6.45, 7) is 10.9. The number of anilines is 1. The van der Waals surface area contributed by atoms with Crippen LogP contribution in [0.1, 0.15) is 116 Å². The molecule has 0 amide bonds. The van der Waals surface area contributed by atoms with E-state index in [0.29, 0.717) is 0 Å². The van der Waals surface area contributed by atoms with Crippen LogP contribution in [0.15, 0.2) is 12.1 Å². The summed E-state index contributed by atoms with van der Waals surface area (Å²) in [5.41, 5.74) is 9.29. The van der Waals surface area contributed by atoms with E-state index in [1.807, 2.05) is 13.8 Å². The summed E-state index contributed by atoms with van der Waals surface area (Å²) in [6, 6.07) is 7.61. The van der Waals surface area contributed by atoms with Gasteiger partial charge in [-0.05, 0) is 68.1 Å². The average Bonchev–Trinajstić information content (AvgIpc) is 2.82. The number of nitrogens with two attached hydrogens (primary N) is 1. The second-order valence-corrected chi connectivity index (χ2v) is 11.0. The topological polar surface area (TPSA) is 26.0 Å². The molecule has 3 saturated carbocycles. The molecule has 0 heterocycles. The van der Waals surface area contributed by atoms with E-state index in [1.54, 1.807) is 5.92 Å². The van der Waals surface area contributed by atoms with E-state index in [9.17, 15) is 0 Å². The zero-order valence-electron chi connectivity index (χ0n) is 22.5. The number of rotatable bonds is 4. The molecule has 0 saturated heterocycles. The van der Waals surface area contributed by atoms with Crippen molar-refractivity contribution in [2.45, 2.75) is 112 Å². The third-order valence-electron chi connectivity index (χ3n) is 9.23. The molecule has 1 nitrogen and oxygen atoms in total. The third kappa shape index (κ3) is 8.02.